The van der Waals surface area contributed by atoms with E-state index in [9.17, 15) is 4.79 Å². The fourth-order valence-corrected chi connectivity index (χ4v) is 0.984. The number of aromatic amines is 1. The third-order valence-corrected chi connectivity index (χ3v) is 1.87. The van der Waals surface area contributed by atoms with Gasteiger partial charge in [0.2, 0.25) is 0 Å². The predicted octanol–water partition coefficient (Wildman–Crippen LogP) is 0.638. The number of ketones is 1. The summed E-state index contributed by atoms with van der Waals surface area (Å²) in [5.41, 5.74) is 6.97. The van der Waals surface area contributed by atoms with Gasteiger partial charge in [-0.15, -0.1) is 0 Å². The van der Waals surface area contributed by atoms with Crippen molar-refractivity contribution in [2.75, 3.05) is 0 Å². The van der Waals surface area contributed by atoms with Crippen LogP contribution in [-0.4, -0.2) is 22.0 Å². The van der Waals surface area contributed by atoms with Crippen LogP contribution in [0.4, 0.5) is 0 Å². The number of hydrogen-bond donors (Lipinski definition) is 2. The van der Waals surface area contributed by atoms with Crippen molar-refractivity contribution in [2.24, 2.45) is 5.73 Å². The Morgan fingerprint density at radius 2 is 2.50 bits per heavy atom. The first-order chi connectivity index (χ1) is 5.66. The monoisotopic (exact) mass is 167 g/mol. The van der Waals surface area contributed by atoms with E-state index in [0.717, 1.165) is 5.69 Å². The van der Waals surface area contributed by atoms with E-state index in [1.54, 1.807) is 0 Å². The van der Waals surface area contributed by atoms with Crippen molar-refractivity contribution < 1.29 is 4.79 Å². The minimum atomic E-state index is -0.402. The third-order valence-electron chi connectivity index (χ3n) is 1.87. The van der Waals surface area contributed by atoms with Gasteiger partial charge in [-0.25, -0.2) is 0 Å². The Kier molecular flexibility index (Phi) is 2.60. The lowest BCUT2D eigenvalue weighted by atomic mass is 10.0. The van der Waals surface area contributed by atoms with Gasteiger partial charge in [0, 0.05) is 5.69 Å². The molecule has 1 heterocycles. The average molecular weight is 167 g/mol. The van der Waals surface area contributed by atoms with Crippen LogP contribution in [0, 0.1) is 6.92 Å². The highest BCUT2D eigenvalue weighted by Gasteiger charge is 2.16. The molecule has 3 N–H and O–H groups in total. The van der Waals surface area contributed by atoms with Crippen molar-refractivity contribution in [1.82, 2.24) is 10.2 Å². The zero-order valence-corrected chi connectivity index (χ0v) is 7.29. The van der Waals surface area contributed by atoms with E-state index in [2.05, 4.69) is 10.2 Å². The Labute approximate surface area is 71.2 Å². The Hall–Kier alpha value is -1.16. The van der Waals surface area contributed by atoms with E-state index in [0.29, 0.717) is 12.0 Å². The van der Waals surface area contributed by atoms with Crippen LogP contribution in [0.1, 0.15) is 29.4 Å². The first-order valence-corrected chi connectivity index (χ1v) is 3.96. The largest absolute Gasteiger partial charge is 0.321 e. The standard InChI is InChI=1S/C8H13N3O/c1-3-7(9)8(12)6-4-10-11-5(6)2/h4,7H,3,9H2,1-2H3,(H,10,11). The number of nitrogens with two attached hydrogens (primary N) is 1. The van der Waals surface area contributed by atoms with E-state index >= 15 is 0 Å². The molecule has 4 nitrogen and oxygen atoms in total. The molecule has 0 aliphatic carbocycles. The average Bonchev–Trinajstić information content (AvgIpc) is 2.48. The van der Waals surface area contributed by atoms with Gasteiger partial charge in [-0.1, -0.05) is 6.92 Å². The Balaban J connectivity index is 2.85. The summed E-state index contributed by atoms with van der Waals surface area (Å²) in [5, 5.41) is 6.46. The third kappa shape index (κ3) is 1.53. The second-order valence-electron chi connectivity index (χ2n) is 2.79. The van der Waals surface area contributed by atoms with Crippen LogP contribution < -0.4 is 5.73 Å². The normalized spacial score (nSPS) is 12.9. The predicted molar refractivity (Wildman–Crippen MR) is 45.9 cm³/mol. The number of nitrogens with one attached hydrogen (secondary N) is 1. The fraction of sp³-hybridized carbons (Fsp3) is 0.500. The van der Waals surface area contributed by atoms with Crippen LogP contribution in [0.25, 0.3) is 0 Å². The first kappa shape index (κ1) is 8.93. The summed E-state index contributed by atoms with van der Waals surface area (Å²) in [6, 6.07) is -0.402. The molecular weight excluding hydrogens is 154 g/mol. The topological polar surface area (TPSA) is 71.8 Å². The number of aromatic nitrogens is 2. The molecule has 1 aromatic heterocycles. The molecule has 0 spiro atoms. The molecule has 0 saturated carbocycles. The van der Waals surface area contributed by atoms with E-state index in [1.165, 1.54) is 6.20 Å². The second-order valence-corrected chi connectivity index (χ2v) is 2.79. The van der Waals surface area contributed by atoms with E-state index in [4.69, 9.17) is 5.73 Å². The van der Waals surface area contributed by atoms with Gasteiger partial charge in [-0.05, 0) is 13.3 Å². The maximum atomic E-state index is 11.5. The Morgan fingerprint density at radius 1 is 1.83 bits per heavy atom. The minimum absolute atomic E-state index is 0.0382. The highest BCUT2D eigenvalue weighted by atomic mass is 16.1. The number of hydrogen-bond acceptors (Lipinski definition) is 3. The van der Waals surface area contributed by atoms with Gasteiger partial charge < -0.3 is 5.73 Å². The van der Waals surface area contributed by atoms with Crippen molar-refractivity contribution in [1.29, 1.82) is 0 Å². The summed E-state index contributed by atoms with van der Waals surface area (Å²) in [4.78, 5) is 11.5. The lowest BCUT2D eigenvalue weighted by Crippen LogP contribution is -2.29. The van der Waals surface area contributed by atoms with E-state index in [-0.39, 0.29) is 5.78 Å². The highest BCUT2D eigenvalue weighted by Crippen LogP contribution is 2.06. The summed E-state index contributed by atoms with van der Waals surface area (Å²) in [7, 11) is 0. The molecule has 0 amide bonds. The lowest BCUT2D eigenvalue weighted by Gasteiger charge is -2.05. The lowest BCUT2D eigenvalue weighted by molar-refractivity contribution is 0.0959. The summed E-state index contributed by atoms with van der Waals surface area (Å²) in [6.07, 6.45) is 2.18. The number of carbonyl (C=O) groups is 1. The summed E-state index contributed by atoms with van der Waals surface area (Å²) in [6.45, 7) is 3.70. The zero-order chi connectivity index (χ0) is 9.14. The van der Waals surface area contributed by atoms with Crippen LogP contribution in [0.2, 0.25) is 0 Å². The van der Waals surface area contributed by atoms with Gasteiger partial charge in [0.05, 0.1) is 17.8 Å². The highest BCUT2D eigenvalue weighted by molar-refractivity contribution is 6.00. The van der Waals surface area contributed by atoms with Crippen molar-refractivity contribution in [2.45, 2.75) is 26.3 Å². The van der Waals surface area contributed by atoms with Gasteiger partial charge >= 0.3 is 0 Å². The number of carbonyl (C=O) groups excluding carboxylic acids is 1. The molecule has 4 heteroatoms. The van der Waals surface area contributed by atoms with Crippen molar-refractivity contribution in [3.8, 4) is 0 Å². The van der Waals surface area contributed by atoms with Crippen LogP contribution in [0.15, 0.2) is 6.20 Å². The van der Waals surface area contributed by atoms with Crippen molar-refractivity contribution >= 4 is 5.78 Å². The summed E-state index contributed by atoms with van der Waals surface area (Å²) in [5.74, 6) is -0.0382. The number of H-pyrrole nitrogens is 1. The molecule has 0 saturated heterocycles. The molecule has 0 aromatic carbocycles. The van der Waals surface area contributed by atoms with Crippen LogP contribution in [0.5, 0.6) is 0 Å². The second kappa shape index (κ2) is 3.49. The molecule has 0 bridgehead atoms. The van der Waals surface area contributed by atoms with Crippen molar-refractivity contribution in [3.05, 3.63) is 17.5 Å². The molecule has 0 aliphatic rings. The number of Topliss-reactive ketones (excluding diaryl/α,β-unsaturated/α-hetero) is 1. The Bertz CT molecular complexity index is 280. The molecule has 1 unspecified atom stereocenters. The SMILES string of the molecule is CCC(N)C(=O)c1cn[nH]c1C. The van der Waals surface area contributed by atoms with Crippen molar-refractivity contribution in [3.63, 3.8) is 0 Å². The minimum Gasteiger partial charge on any atom is -0.321 e. The van der Waals surface area contributed by atoms with Crippen LogP contribution in [0.3, 0.4) is 0 Å². The smallest absolute Gasteiger partial charge is 0.182 e. The van der Waals surface area contributed by atoms with Gasteiger partial charge in [0.1, 0.15) is 0 Å². The number of nitrogens with zero attached hydrogens (tertiary/aromatic N) is 1. The van der Waals surface area contributed by atoms with Crippen LogP contribution in [-0.2, 0) is 0 Å². The molecular formula is C8H13N3O. The molecule has 12 heavy (non-hydrogen) atoms. The Morgan fingerprint density at radius 3 is 2.92 bits per heavy atom. The quantitative estimate of drug-likeness (QED) is 0.649. The van der Waals surface area contributed by atoms with Crippen LogP contribution >= 0.6 is 0 Å². The first-order valence-electron chi connectivity index (χ1n) is 3.96. The zero-order valence-electron chi connectivity index (χ0n) is 7.29. The summed E-state index contributed by atoms with van der Waals surface area (Å²) < 4.78 is 0. The molecule has 0 fully saturated rings. The van der Waals surface area contributed by atoms with Gasteiger partial charge in [0.25, 0.3) is 0 Å². The molecule has 1 atom stereocenters. The molecule has 1 aromatic rings. The maximum Gasteiger partial charge on any atom is 0.182 e. The molecule has 1 rings (SSSR count). The van der Waals surface area contributed by atoms with E-state index < -0.39 is 6.04 Å². The van der Waals surface area contributed by atoms with Gasteiger partial charge in [0.15, 0.2) is 5.78 Å². The van der Waals surface area contributed by atoms with Gasteiger partial charge in [-0.2, -0.15) is 5.10 Å². The summed E-state index contributed by atoms with van der Waals surface area (Å²) >= 11 is 0. The molecule has 66 valence electrons. The fourth-order valence-electron chi connectivity index (χ4n) is 0.984. The number of rotatable bonds is 3. The van der Waals surface area contributed by atoms with Gasteiger partial charge in [-0.3, -0.25) is 9.89 Å². The molecule has 0 radical (unpaired) electrons. The number of aryl methyl sites for hydroxylation is 1. The molecule has 0 aliphatic heterocycles. The maximum absolute atomic E-state index is 11.5. The van der Waals surface area contributed by atoms with E-state index in [1.807, 2.05) is 13.8 Å².